The number of fused-ring (bicyclic) bond motifs is 1. The maximum Gasteiger partial charge on any atom is 0.240 e. The second-order valence-corrected chi connectivity index (χ2v) is 8.98. The number of hydrogen-bond acceptors (Lipinski definition) is 2. The van der Waals surface area contributed by atoms with Crippen molar-refractivity contribution in [1.82, 2.24) is 4.72 Å². The summed E-state index contributed by atoms with van der Waals surface area (Å²) in [6.45, 7) is 2.44. The summed E-state index contributed by atoms with van der Waals surface area (Å²) in [6, 6.07) is 22.0. The van der Waals surface area contributed by atoms with E-state index in [0.717, 1.165) is 18.4 Å². The minimum atomic E-state index is -3.41. The number of nitrogens with one attached hydrogen (secondary N) is 1. The van der Waals surface area contributed by atoms with E-state index in [4.69, 9.17) is 0 Å². The lowest BCUT2D eigenvalue weighted by atomic mass is 10.0. The molecular formula is C22H23NO2S. The smallest absolute Gasteiger partial charge is 0.211 e. The maximum atomic E-state index is 12.3. The Hall–Kier alpha value is -2.17. The lowest BCUT2D eigenvalue weighted by molar-refractivity contribution is 0.574. The van der Waals surface area contributed by atoms with Crippen molar-refractivity contribution in [2.24, 2.45) is 5.92 Å². The van der Waals surface area contributed by atoms with Crippen LogP contribution in [0.2, 0.25) is 0 Å². The number of aryl methyl sites for hydroxylation is 1. The van der Waals surface area contributed by atoms with Crippen LogP contribution in [0.1, 0.15) is 29.9 Å². The Labute approximate surface area is 155 Å². The van der Waals surface area contributed by atoms with Crippen molar-refractivity contribution in [3.63, 3.8) is 0 Å². The summed E-state index contributed by atoms with van der Waals surface area (Å²) in [6.07, 6.45) is 2.02. The molecule has 1 N–H and O–H groups in total. The van der Waals surface area contributed by atoms with Crippen molar-refractivity contribution in [1.29, 1.82) is 0 Å². The Morgan fingerprint density at radius 3 is 2.46 bits per heavy atom. The standard InChI is InChI=1S/C22H23NO2S/c1-16-6-10-21(11-7-16)26(24,25)23-13-12-20-15-22(20)19-9-8-17-4-2-3-5-18(17)14-19/h2-11,14,20,22-23H,12-13,15H2,1H3/t20-,22+/m1/s1. The van der Waals surface area contributed by atoms with Crippen molar-refractivity contribution < 1.29 is 8.42 Å². The molecule has 0 amide bonds. The van der Waals surface area contributed by atoms with Gasteiger partial charge in [0, 0.05) is 6.54 Å². The highest BCUT2D eigenvalue weighted by atomic mass is 32.2. The first-order chi connectivity index (χ1) is 12.5. The topological polar surface area (TPSA) is 46.2 Å². The largest absolute Gasteiger partial charge is 0.240 e. The van der Waals surface area contributed by atoms with Gasteiger partial charge in [-0.15, -0.1) is 0 Å². The quantitative estimate of drug-likeness (QED) is 0.693. The molecule has 3 nitrogen and oxygen atoms in total. The molecule has 1 saturated carbocycles. The first-order valence-corrected chi connectivity index (χ1v) is 10.6. The van der Waals surface area contributed by atoms with Gasteiger partial charge in [0.25, 0.3) is 0 Å². The molecular weight excluding hydrogens is 342 g/mol. The Morgan fingerprint density at radius 2 is 1.69 bits per heavy atom. The fourth-order valence-electron chi connectivity index (χ4n) is 3.59. The maximum absolute atomic E-state index is 12.3. The normalized spacial score (nSPS) is 19.6. The monoisotopic (exact) mass is 365 g/mol. The molecule has 0 radical (unpaired) electrons. The third kappa shape index (κ3) is 3.67. The number of benzene rings is 3. The fraction of sp³-hybridized carbons (Fsp3) is 0.273. The van der Waals surface area contributed by atoms with E-state index in [1.165, 1.54) is 16.3 Å². The third-order valence-corrected chi connectivity index (χ3v) is 6.74. The van der Waals surface area contributed by atoms with E-state index in [2.05, 4.69) is 47.2 Å². The zero-order valence-electron chi connectivity index (χ0n) is 14.9. The van der Waals surface area contributed by atoms with Crippen LogP contribution in [0.25, 0.3) is 10.8 Å². The molecule has 1 aliphatic rings. The molecule has 26 heavy (non-hydrogen) atoms. The third-order valence-electron chi connectivity index (χ3n) is 5.26. The molecule has 0 bridgehead atoms. The van der Waals surface area contributed by atoms with Crippen LogP contribution < -0.4 is 4.72 Å². The van der Waals surface area contributed by atoms with Crippen LogP contribution in [0.15, 0.2) is 71.6 Å². The molecule has 1 aliphatic carbocycles. The van der Waals surface area contributed by atoms with E-state index >= 15 is 0 Å². The van der Waals surface area contributed by atoms with E-state index in [-0.39, 0.29) is 0 Å². The predicted octanol–water partition coefficient (Wildman–Crippen LogP) is 4.62. The number of hydrogen-bond donors (Lipinski definition) is 1. The van der Waals surface area contributed by atoms with Crippen LogP contribution in [-0.4, -0.2) is 15.0 Å². The van der Waals surface area contributed by atoms with Crippen LogP contribution >= 0.6 is 0 Å². The van der Waals surface area contributed by atoms with Gasteiger partial charge in [-0.3, -0.25) is 0 Å². The summed E-state index contributed by atoms with van der Waals surface area (Å²) in [7, 11) is -3.41. The fourth-order valence-corrected chi connectivity index (χ4v) is 4.64. The molecule has 0 aliphatic heterocycles. The summed E-state index contributed by atoms with van der Waals surface area (Å²) in [5, 5.41) is 2.54. The van der Waals surface area contributed by atoms with Gasteiger partial charge >= 0.3 is 0 Å². The van der Waals surface area contributed by atoms with Crippen molar-refractivity contribution in [3.05, 3.63) is 77.9 Å². The van der Waals surface area contributed by atoms with Crippen LogP contribution in [-0.2, 0) is 10.0 Å². The van der Waals surface area contributed by atoms with Crippen molar-refractivity contribution >= 4 is 20.8 Å². The van der Waals surface area contributed by atoms with Crippen molar-refractivity contribution in [2.75, 3.05) is 6.54 Å². The lowest BCUT2D eigenvalue weighted by Gasteiger charge is -2.07. The van der Waals surface area contributed by atoms with Gasteiger partial charge in [0.2, 0.25) is 10.0 Å². The average Bonchev–Trinajstić information content (AvgIpc) is 3.41. The molecule has 0 heterocycles. The van der Waals surface area contributed by atoms with E-state index in [9.17, 15) is 8.42 Å². The Morgan fingerprint density at radius 1 is 0.962 bits per heavy atom. The van der Waals surface area contributed by atoms with Gasteiger partial charge in [-0.2, -0.15) is 0 Å². The predicted molar refractivity (Wildman–Crippen MR) is 106 cm³/mol. The summed E-state index contributed by atoms with van der Waals surface area (Å²) >= 11 is 0. The number of sulfonamides is 1. The average molecular weight is 365 g/mol. The van der Waals surface area contributed by atoms with Gasteiger partial charge in [0.15, 0.2) is 0 Å². The van der Waals surface area contributed by atoms with E-state index in [1.54, 1.807) is 12.1 Å². The highest BCUT2D eigenvalue weighted by molar-refractivity contribution is 7.89. The SMILES string of the molecule is Cc1ccc(S(=O)(=O)NCC[C@@H]2C[C@H]2c2ccc3ccccc3c2)cc1. The molecule has 3 aromatic carbocycles. The molecule has 0 unspecified atom stereocenters. The first-order valence-electron chi connectivity index (χ1n) is 9.08. The van der Waals surface area contributed by atoms with Crippen LogP contribution in [0.3, 0.4) is 0 Å². The van der Waals surface area contributed by atoms with Gasteiger partial charge in [-0.05, 0) is 60.1 Å². The second kappa shape index (κ2) is 6.86. The van der Waals surface area contributed by atoms with Crippen molar-refractivity contribution in [2.45, 2.75) is 30.6 Å². The number of rotatable bonds is 6. The van der Waals surface area contributed by atoms with E-state index < -0.39 is 10.0 Å². The second-order valence-electron chi connectivity index (χ2n) is 7.21. The molecule has 0 spiro atoms. The van der Waals surface area contributed by atoms with Crippen LogP contribution in [0.5, 0.6) is 0 Å². The van der Waals surface area contributed by atoms with Crippen molar-refractivity contribution in [3.8, 4) is 0 Å². The summed E-state index contributed by atoms with van der Waals surface area (Å²) in [5.41, 5.74) is 2.43. The Bertz CT molecular complexity index is 1030. The summed E-state index contributed by atoms with van der Waals surface area (Å²) in [4.78, 5) is 0.338. The summed E-state index contributed by atoms with van der Waals surface area (Å²) in [5.74, 6) is 1.13. The molecule has 3 aromatic rings. The highest BCUT2D eigenvalue weighted by Gasteiger charge is 2.37. The molecule has 134 valence electrons. The molecule has 0 saturated heterocycles. The minimum Gasteiger partial charge on any atom is -0.211 e. The van der Waals surface area contributed by atoms with Gasteiger partial charge in [0.1, 0.15) is 0 Å². The Kier molecular flexibility index (Phi) is 4.55. The Balaban J connectivity index is 1.34. The van der Waals surface area contributed by atoms with Gasteiger partial charge < -0.3 is 0 Å². The molecule has 2 atom stereocenters. The molecule has 1 fully saturated rings. The molecule has 4 rings (SSSR count). The van der Waals surface area contributed by atoms with E-state index in [0.29, 0.717) is 23.3 Å². The van der Waals surface area contributed by atoms with E-state index in [1.807, 2.05) is 19.1 Å². The van der Waals surface area contributed by atoms with Gasteiger partial charge in [0.05, 0.1) is 4.90 Å². The summed E-state index contributed by atoms with van der Waals surface area (Å²) < 4.78 is 27.4. The highest BCUT2D eigenvalue weighted by Crippen LogP contribution is 2.49. The zero-order chi connectivity index (χ0) is 18.1. The van der Waals surface area contributed by atoms with Gasteiger partial charge in [-0.25, -0.2) is 13.1 Å². The van der Waals surface area contributed by atoms with Gasteiger partial charge in [-0.1, -0.05) is 60.2 Å². The molecule has 0 aromatic heterocycles. The molecule has 4 heteroatoms. The van der Waals surface area contributed by atoms with Crippen LogP contribution in [0, 0.1) is 12.8 Å². The minimum absolute atomic E-state index is 0.338. The zero-order valence-corrected chi connectivity index (χ0v) is 15.7. The first kappa shape index (κ1) is 17.3. The van der Waals surface area contributed by atoms with Crippen LogP contribution in [0.4, 0.5) is 0 Å². The lowest BCUT2D eigenvalue weighted by Crippen LogP contribution is -2.25.